The highest BCUT2D eigenvalue weighted by molar-refractivity contribution is 6.42. The average molecular weight is 352 g/mol. The van der Waals surface area contributed by atoms with Crippen LogP contribution in [0.25, 0.3) is 0 Å². The molecule has 0 fully saturated rings. The molecule has 0 saturated heterocycles. The van der Waals surface area contributed by atoms with Gasteiger partial charge in [-0.15, -0.1) is 0 Å². The summed E-state index contributed by atoms with van der Waals surface area (Å²) < 4.78 is 0. The number of hydrogen-bond acceptors (Lipinski definition) is 4. The normalized spacial score (nSPS) is 11.2. The summed E-state index contributed by atoms with van der Waals surface area (Å²) in [5, 5.41) is 15.3. The third-order valence-electron chi connectivity index (χ3n) is 2.98. The highest BCUT2D eigenvalue weighted by Crippen LogP contribution is 2.22. The number of hydrazone groups is 1. The fraction of sp³-hybridized carbons (Fsp3) is 0.0667. The second-order valence-electron chi connectivity index (χ2n) is 4.57. The van der Waals surface area contributed by atoms with Crippen molar-refractivity contribution in [3.63, 3.8) is 0 Å². The van der Waals surface area contributed by atoms with E-state index in [1.807, 2.05) is 0 Å². The van der Waals surface area contributed by atoms with E-state index in [9.17, 15) is 14.9 Å². The molecular weight excluding hydrogens is 341 g/mol. The van der Waals surface area contributed by atoms with Gasteiger partial charge in [0, 0.05) is 23.3 Å². The predicted molar refractivity (Wildman–Crippen MR) is 89.2 cm³/mol. The van der Waals surface area contributed by atoms with Gasteiger partial charge in [0.05, 0.1) is 20.7 Å². The van der Waals surface area contributed by atoms with Crippen LogP contribution < -0.4 is 5.43 Å². The average Bonchev–Trinajstić information content (AvgIpc) is 2.54. The quantitative estimate of drug-likeness (QED) is 0.512. The van der Waals surface area contributed by atoms with Crippen LogP contribution in [0.3, 0.4) is 0 Å². The maximum absolute atomic E-state index is 12.0. The Morgan fingerprint density at radius 1 is 1.13 bits per heavy atom. The van der Waals surface area contributed by atoms with Crippen LogP contribution >= 0.6 is 23.2 Å². The molecular formula is C15H11Cl2N3O3. The van der Waals surface area contributed by atoms with Crippen LogP contribution in [-0.2, 0) is 0 Å². The molecule has 0 saturated carbocycles. The Morgan fingerprint density at radius 2 is 1.87 bits per heavy atom. The van der Waals surface area contributed by atoms with Crippen molar-refractivity contribution in [1.29, 1.82) is 0 Å². The first kappa shape index (κ1) is 16.9. The maximum Gasteiger partial charge on any atom is 0.271 e. The molecule has 2 aromatic rings. The lowest BCUT2D eigenvalue weighted by atomic mass is 10.1. The lowest BCUT2D eigenvalue weighted by Crippen LogP contribution is -2.19. The minimum absolute atomic E-state index is 0.0483. The van der Waals surface area contributed by atoms with Crippen LogP contribution in [0.2, 0.25) is 10.0 Å². The lowest BCUT2D eigenvalue weighted by molar-refractivity contribution is -0.384. The molecule has 0 aromatic heterocycles. The Kier molecular flexibility index (Phi) is 5.31. The zero-order valence-electron chi connectivity index (χ0n) is 11.9. The van der Waals surface area contributed by atoms with E-state index in [4.69, 9.17) is 23.2 Å². The van der Waals surface area contributed by atoms with Crippen molar-refractivity contribution in [2.75, 3.05) is 0 Å². The van der Waals surface area contributed by atoms with Gasteiger partial charge in [-0.3, -0.25) is 14.9 Å². The standard InChI is InChI=1S/C15H11Cl2N3O3/c1-9(10-3-2-4-12(7-10)20(22)23)18-19-15(21)11-5-6-13(16)14(17)8-11/h2-8H,1H3,(H,19,21)/b18-9+. The maximum atomic E-state index is 12.0. The summed E-state index contributed by atoms with van der Waals surface area (Å²) in [5.74, 6) is -0.464. The molecule has 2 rings (SSSR count). The van der Waals surface area contributed by atoms with E-state index in [0.29, 0.717) is 21.9 Å². The summed E-state index contributed by atoms with van der Waals surface area (Å²) in [6, 6.07) is 10.4. The van der Waals surface area contributed by atoms with Crippen LogP contribution in [0, 0.1) is 10.1 Å². The van der Waals surface area contributed by atoms with E-state index in [1.54, 1.807) is 19.1 Å². The smallest absolute Gasteiger partial charge is 0.267 e. The molecule has 118 valence electrons. The van der Waals surface area contributed by atoms with Crippen molar-refractivity contribution in [3.8, 4) is 0 Å². The predicted octanol–water partition coefficient (Wildman–Crippen LogP) is 4.06. The Balaban J connectivity index is 2.15. The molecule has 0 heterocycles. The highest BCUT2D eigenvalue weighted by Gasteiger charge is 2.09. The van der Waals surface area contributed by atoms with Crippen LogP contribution in [0.15, 0.2) is 47.6 Å². The van der Waals surface area contributed by atoms with Gasteiger partial charge >= 0.3 is 0 Å². The first-order chi connectivity index (χ1) is 10.9. The zero-order chi connectivity index (χ0) is 17.0. The number of hydrogen-bond donors (Lipinski definition) is 1. The molecule has 1 N–H and O–H groups in total. The van der Waals surface area contributed by atoms with E-state index in [1.165, 1.54) is 30.3 Å². The van der Waals surface area contributed by atoms with E-state index in [-0.39, 0.29) is 10.7 Å². The van der Waals surface area contributed by atoms with Gasteiger partial charge in [0.1, 0.15) is 0 Å². The number of nitro benzene ring substituents is 1. The lowest BCUT2D eigenvalue weighted by Gasteiger charge is -2.04. The summed E-state index contributed by atoms with van der Waals surface area (Å²) in [6.07, 6.45) is 0. The Bertz CT molecular complexity index is 806. The molecule has 0 spiro atoms. The van der Waals surface area contributed by atoms with Crippen molar-refractivity contribution in [2.24, 2.45) is 5.10 Å². The molecule has 0 bridgehead atoms. The van der Waals surface area contributed by atoms with Gasteiger partial charge in [0.15, 0.2) is 0 Å². The third kappa shape index (κ3) is 4.28. The molecule has 0 aliphatic carbocycles. The van der Waals surface area contributed by atoms with Gasteiger partial charge in [0.25, 0.3) is 11.6 Å². The summed E-state index contributed by atoms with van der Waals surface area (Å²) in [6.45, 7) is 1.63. The Morgan fingerprint density at radius 3 is 2.52 bits per heavy atom. The van der Waals surface area contributed by atoms with Crippen molar-refractivity contribution >= 4 is 40.5 Å². The number of carbonyl (C=O) groups is 1. The van der Waals surface area contributed by atoms with Gasteiger partial charge < -0.3 is 0 Å². The molecule has 2 aromatic carbocycles. The monoisotopic (exact) mass is 351 g/mol. The summed E-state index contributed by atoms with van der Waals surface area (Å²) in [5.41, 5.74) is 3.59. The van der Waals surface area contributed by atoms with Crippen LogP contribution in [0.1, 0.15) is 22.8 Å². The number of rotatable bonds is 4. The van der Waals surface area contributed by atoms with Crippen molar-refractivity contribution < 1.29 is 9.72 Å². The molecule has 6 nitrogen and oxygen atoms in total. The number of nitrogens with one attached hydrogen (secondary N) is 1. The topological polar surface area (TPSA) is 84.6 Å². The van der Waals surface area contributed by atoms with Crippen LogP contribution in [-0.4, -0.2) is 16.5 Å². The number of halogens is 2. The molecule has 0 unspecified atom stereocenters. The van der Waals surface area contributed by atoms with Crippen molar-refractivity contribution in [3.05, 3.63) is 73.8 Å². The van der Waals surface area contributed by atoms with E-state index < -0.39 is 10.8 Å². The third-order valence-corrected chi connectivity index (χ3v) is 3.72. The highest BCUT2D eigenvalue weighted by atomic mass is 35.5. The Hall–Kier alpha value is -2.44. The first-order valence-corrected chi connectivity index (χ1v) is 7.18. The fourth-order valence-electron chi connectivity index (χ4n) is 1.75. The summed E-state index contributed by atoms with van der Waals surface area (Å²) in [4.78, 5) is 22.3. The number of amides is 1. The molecule has 23 heavy (non-hydrogen) atoms. The van der Waals surface area contributed by atoms with Crippen LogP contribution in [0.5, 0.6) is 0 Å². The van der Waals surface area contributed by atoms with Gasteiger partial charge in [-0.25, -0.2) is 5.43 Å². The van der Waals surface area contributed by atoms with Gasteiger partial charge in [0.2, 0.25) is 0 Å². The molecule has 8 heteroatoms. The van der Waals surface area contributed by atoms with Crippen molar-refractivity contribution in [1.82, 2.24) is 5.43 Å². The number of non-ortho nitro benzene ring substituents is 1. The first-order valence-electron chi connectivity index (χ1n) is 6.43. The largest absolute Gasteiger partial charge is 0.271 e. The van der Waals surface area contributed by atoms with Crippen LogP contribution in [0.4, 0.5) is 5.69 Å². The van der Waals surface area contributed by atoms with E-state index >= 15 is 0 Å². The summed E-state index contributed by atoms with van der Waals surface area (Å²) in [7, 11) is 0. The molecule has 0 atom stereocenters. The van der Waals surface area contributed by atoms with Gasteiger partial charge in [-0.05, 0) is 25.1 Å². The van der Waals surface area contributed by atoms with Gasteiger partial charge in [-0.2, -0.15) is 5.10 Å². The summed E-state index contributed by atoms with van der Waals surface area (Å²) >= 11 is 11.6. The number of carbonyl (C=O) groups excluding carboxylic acids is 1. The van der Waals surface area contributed by atoms with Gasteiger partial charge in [-0.1, -0.05) is 35.3 Å². The molecule has 0 aliphatic rings. The molecule has 0 radical (unpaired) electrons. The SMILES string of the molecule is C/C(=N\NC(=O)c1ccc(Cl)c(Cl)c1)c1cccc([N+](=O)[O-])c1. The fourth-order valence-corrected chi connectivity index (χ4v) is 2.04. The second-order valence-corrected chi connectivity index (χ2v) is 5.39. The van der Waals surface area contributed by atoms with E-state index in [2.05, 4.69) is 10.5 Å². The second kappa shape index (κ2) is 7.21. The van der Waals surface area contributed by atoms with Crippen molar-refractivity contribution in [2.45, 2.75) is 6.92 Å². The minimum Gasteiger partial charge on any atom is -0.267 e. The molecule has 0 aliphatic heterocycles. The molecule has 1 amide bonds. The number of nitro groups is 1. The number of nitrogens with zero attached hydrogens (tertiary/aromatic N) is 2. The zero-order valence-corrected chi connectivity index (χ0v) is 13.4. The minimum atomic E-state index is -0.495. The Labute approximate surface area is 141 Å². The number of benzene rings is 2. The van der Waals surface area contributed by atoms with E-state index in [0.717, 1.165) is 0 Å².